The number of ketones is 1. The maximum absolute atomic E-state index is 12.8. The lowest BCUT2D eigenvalue weighted by Crippen LogP contribution is -2.53. The first-order chi connectivity index (χ1) is 10.1. The Morgan fingerprint density at radius 3 is 2.24 bits per heavy atom. The van der Waals surface area contributed by atoms with Crippen LogP contribution in [0.3, 0.4) is 0 Å². The van der Waals surface area contributed by atoms with Gasteiger partial charge in [-0.25, -0.2) is 0 Å². The van der Waals surface area contributed by atoms with Crippen LogP contribution in [0.4, 0.5) is 0 Å². The Labute approximate surface area is 128 Å². The van der Waals surface area contributed by atoms with Gasteiger partial charge in [-0.2, -0.15) is 0 Å². The average molecular weight is 294 g/mol. The van der Waals surface area contributed by atoms with Crippen molar-refractivity contribution in [2.75, 3.05) is 19.6 Å². The standard InChI is InChI=1S/C17H30N2O2/c1-14(20)13-16-9-5-8-12-19(16)15(2)17(21)18-10-6-3-4-7-11-18/h15-16H,3-13H2,1-2H3. The molecule has 2 rings (SSSR count). The highest BCUT2D eigenvalue weighted by molar-refractivity contribution is 5.82. The number of likely N-dealkylation sites (tertiary alicyclic amines) is 2. The molecular weight excluding hydrogens is 264 g/mol. The zero-order valence-corrected chi connectivity index (χ0v) is 13.6. The summed E-state index contributed by atoms with van der Waals surface area (Å²) < 4.78 is 0. The molecule has 120 valence electrons. The molecule has 0 N–H and O–H groups in total. The number of nitrogens with zero attached hydrogens (tertiary/aromatic N) is 2. The van der Waals surface area contributed by atoms with E-state index in [0.29, 0.717) is 6.42 Å². The molecule has 0 bridgehead atoms. The van der Waals surface area contributed by atoms with Gasteiger partial charge in [-0.3, -0.25) is 14.5 Å². The van der Waals surface area contributed by atoms with Gasteiger partial charge in [-0.15, -0.1) is 0 Å². The minimum Gasteiger partial charge on any atom is -0.341 e. The van der Waals surface area contributed by atoms with Crippen molar-refractivity contribution in [2.45, 2.75) is 77.3 Å². The van der Waals surface area contributed by atoms with Crippen LogP contribution < -0.4 is 0 Å². The van der Waals surface area contributed by atoms with Crippen molar-refractivity contribution in [2.24, 2.45) is 0 Å². The van der Waals surface area contributed by atoms with Gasteiger partial charge in [-0.1, -0.05) is 19.3 Å². The molecule has 0 aromatic carbocycles. The lowest BCUT2D eigenvalue weighted by atomic mass is 9.95. The summed E-state index contributed by atoms with van der Waals surface area (Å²) in [6, 6.07) is 0.190. The normalized spacial score (nSPS) is 26.2. The first-order valence-corrected chi connectivity index (χ1v) is 8.63. The molecule has 2 fully saturated rings. The molecule has 0 aliphatic carbocycles. The third-order valence-corrected chi connectivity index (χ3v) is 4.97. The molecule has 21 heavy (non-hydrogen) atoms. The molecule has 4 heteroatoms. The fraction of sp³-hybridized carbons (Fsp3) is 0.882. The summed E-state index contributed by atoms with van der Waals surface area (Å²) in [7, 11) is 0. The van der Waals surface area contributed by atoms with Crippen molar-refractivity contribution >= 4 is 11.7 Å². The van der Waals surface area contributed by atoms with Crippen molar-refractivity contribution < 1.29 is 9.59 Å². The Hall–Kier alpha value is -0.900. The fourth-order valence-electron chi connectivity index (χ4n) is 3.78. The van der Waals surface area contributed by atoms with E-state index in [1.165, 1.54) is 19.3 Å². The smallest absolute Gasteiger partial charge is 0.239 e. The first kappa shape index (κ1) is 16.5. The van der Waals surface area contributed by atoms with Crippen LogP contribution in [0, 0.1) is 0 Å². The molecule has 0 aromatic rings. The second kappa shape index (κ2) is 7.92. The lowest BCUT2D eigenvalue weighted by Gasteiger charge is -2.40. The van der Waals surface area contributed by atoms with Gasteiger partial charge >= 0.3 is 0 Å². The second-order valence-corrected chi connectivity index (χ2v) is 6.71. The number of carbonyl (C=O) groups is 2. The molecule has 2 heterocycles. The van der Waals surface area contributed by atoms with E-state index in [4.69, 9.17) is 0 Å². The molecule has 0 radical (unpaired) electrons. The molecule has 4 nitrogen and oxygen atoms in total. The zero-order valence-electron chi connectivity index (χ0n) is 13.6. The number of hydrogen-bond acceptors (Lipinski definition) is 3. The number of Topliss-reactive ketones (excluding diaryl/α,β-unsaturated/α-hetero) is 1. The topological polar surface area (TPSA) is 40.6 Å². The highest BCUT2D eigenvalue weighted by Gasteiger charge is 2.33. The molecule has 0 saturated carbocycles. The van der Waals surface area contributed by atoms with Crippen LogP contribution >= 0.6 is 0 Å². The van der Waals surface area contributed by atoms with E-state index in [9.17, 15) is 9.59 Å². The summed E-state index contributed by atoms with van der Waals surface area (Å²) in [6.07, 6.45) is 8.73. The Bertz CT molecular complexity index is 362. The maximum atomic E-state index is 12.8. The molecule has 0 aromatic heterocycles. The van der Waals surface area contributed by atoms with Gasteiger partial charge in [0.2, 0.25) is 5.91 Å². The van der Waals surface area contributed by atoms with Crippen LogP contribution in [0.5, 0.6) is 0 Å². The largest absolute Gasteiger partial charge is 0.341 e. The number of rotatable bonds is 4. The summed E-state index contributed by atoms with van der Waals surface area (Å²) in [5, 5.41) is 0. The van der Waals surface area contributed by atoms with Crippen molar-refractivity contribution in [3.8, 4) is 0 Å². The Morgan fingerprint density at radius 2 is 1.62 bits per heavy atom. The van der Waals surface area contributed by atoms with E-state index in [2.05, 4.69) is 9.80 Å². The lowest BCUT2D eigenvalue weighted by molar-refractivity contribution is -0.138. The number of carbonyl (C=O) groups excluding carboxylic acids is 2. The first-order valence-electron chi connectivity index (χ1n) is 8.63. The van der Waals surface area contributed by atoms with Crippen molar-refractivity contribution in [1.29, 1.82) is 0 Å². The van der Waals surface area contributed by atoms with Crippen LogP contribution in [0.25, 0.3) is 0 Å². The molecule has 0 spiro atoms. The molecule has 1 amide bonds. The van der Waals surface area contributed by atoms with Gasteiger partial charge in [0, 0.05) is 25.6 Å². The summed E-state index contributed by atoms with van der Waals surface area (Å²) >= 11 is 0. The quantitative estimate of drug-likeness (QED) is 0.800. The monoisotopic (exact) mass is 294 g/mol. The van der Waals surface area contributed by atoms with E-state index in [-0.39, 0.29) is 23.8 Å². The van der Waals surface area contributed by atoms with E-state index in [0.717, 1.165) is 45.3 Å². The molecular formula is C17H30N2O2. The van der Waals surface area contributed by atoms with Crippen LogP contribution in [-0.2, 0) is 9.59 Å². The maximum Gasteiger partial charge on any atom is 0.239 e. The predicted octanol–water partition coefficient (Wildman–Crippen LogP) is 2.61. The number of hydrogen-bond donors (Lipinski definition) is 0. The van der Waals surface area contributed by atoms with E-state index < -0.39 is 0 Å². The van der Waals surface area contributed by atoms with Crippen LogP contribution in [0.15, 0.2) is 0 Å². The van der Waals surface area contributed by atoms with E-state index in [1.807, 2.05) is 6.92 Å². The summed E-state index contributed by atoms with van der Waals surface area (Å²) in [5.74, 6) is 0.508. The molecule has 2 saturated heterocycles. The Kier molecular flexibility index (Phi) is 6.22. The van der Waals surface area contributed by atoms with Gasteiger partial charge in [0.25, 0.3) is 0 Å². The van der Waals surface area contributed by atoms with Crippen LogP contribution in [0.2, 0.25) is 0 Å². The zero-order chi connectivity index (χ0) is 15.2. The number of amides is 1. The summed E-state index contributed by atoms with van der Waals surface area (Å²) in [5.41, 5.74) is 0. The van der Waals surface area contributed by atoms with Crippen LogP contribution in [0.1, 0.15) is 65.2 Å². The van der Waals surface area contributed by atoms with Gasteiger partial charge in [0.05, 0.1) is 6.04 Å². The predicted molar refractivity (Wildman–Crippen MR) is 84.2 cm³/mol. The van der Waals surface area contributed by atoms with Gasteiger partial charge in [0.15, 0.2) is 0 Å². The SMILES string of the molecule is CC(=O)CC1CCCCN1C(C)C(=O)N1CCCCCC1. The third-order valence-electron chi connectivity index (χ3n) is 4.97. The van der Waals surface area contributed by atoms with Crippen LogP contribution in [-0.4, -0.2) is 53.2 Å². The van der Waals surface area contributed by atoms with Crippen molar-refractivity contribution in [1.82, 2.24) is 9.80 Å². The minimum absolute atomic E-state index is 0.0762. The Balaban J connectivity index is 1.99. The third kappa shape index (κ3) is 4.53. The van der Waals surface area contributed by atoms with Crippen molar-refractivity contribution in [3.63, 3.8) is 0 Å². The molecule has 2 atom stereocenters. The number of piperidine rings is 1. The summed E-state index contributed by atoms with van der Waals surface area (Å²) in [6.45, 7) is 6.47. The van der Waals surface area contributed by atoms with Gasteiger partial charge < -0.3 is 4.90 Å². The van der Waals surface area contributed by atoms with E-state index >= 15 is 0 Å². The fourth-order valence-corrected chi connectivity index (χ4v) is 3.78. The van der Waals surface area contributed by atoms with Gasteiger partial charge in [-0.05, 0) is 46.1 Å². The average Bonchev–Trinajstić information content (AvgIpc) is 2.75. The van der Waals surface area contributed by atoms with Crippen molar-refractivity contribution in [3.05, 3.63) is 0 Å². The summed E-state index contributed by atoms with van der Waals surface area (Å²) in [4.78, 5) is 28.6. The van der Waals surface area contributed by atoms with E-state index in [1.54, 1.807) is 6.92 Å². The molecule has 2 aliphatic heterocycles. The molecule has 2 unspecified atom stereocenters. The Morgan fingerprint density at radius 1 is 1.00 bits per heavy atom. The second-order valence-electron chi connectivity index (χ2n) is 6.71. The van der Waals surface area contributed by atoms with Gasteiger partial charge in [0.1, 0.15) is 5.78 Å². The highest BCUT2D eigenvalue weighted by atomic mass is 16.2. The molecule has 2 aliphatic rings. The highest BCUT2D eigenvalue weighted by Crippen LogP contribution is 2.23. The minimum atomic E-state index is -0.0762.